The minimum atomic E-state index is -0.436. The third kappa shape index (κ3) is 2.82. The lowest BCUT2D eigenvalue weighted by Gasteiger charge is -2.32. The Balaban J connectivity index is 1.95. The van der Waals surface area contributed by atoms with Crippen molar-refractivity contribution >= 4 is 18.1 Å². The molecule has 25 heavy (non-hydrogen) atoms. The number of urea groups is 1. The van der Waals surface area contributed by atoms with Crippen LogP contribution in [0.3, 0.4) is 0 Å². The standard InChI is InChI=1S/C15H23N7O3/c1-4-7-25-19-5-6-21-12-10(8-18-21)11-9-20(15(23)22(11)24)13(12)14(16-2)17-3/h5,8,11,13,24H,4,6-7,9H2,1-3H3,(H,16,17)/b19-5+/t11-,13-/m0/s1. The molecule has 0 aliphatic carbocycles. The molecule has 0 radical (unpaired) electrons. The lowest BCUT2D eigenvalue weighted by Crippen LogP contribution is -2.43. The molecular formula is C15H23N7O3. The summed E-state index contributed by atoms with van der Waals surface area (Å²) >= 11 is 0. The summed E-state index contributed by atoms with van der Waals surface area (Å²) in [6.45, 7) is 3.37. The summed E-state index contributed by atoms with van der Waals surface area (Å²) in [5.41, 5.74) is 1.63. The van der Waals surface area contributed by atoms with E-state index in [1.165, 1.54) is 0 Å². The molecule has 2 atom stereocenters. The van der Waals surface area contributed by atoms with E-state index < -0.39 is 18.1 Å². The lowest BCUT2D eigenvalue weighted by molar-refractivity contribution is -0.0586. The van der Waals surface area contributed by atoms with E-state index in [9.17, 15) is 10.0 Å². The number of fused-ring (bicyclic) bond motifs is 4. The molecule has 0 unspecified atom stereocenters. The third-order valence-corrected chi connectivity index (χ3v) is 4.40. The predicted octanol–water partition coefficient (Wildman–Crippen LogP) is 0.766. The van der Waals surface area contributed by atoms with Crippen LogP contribution >= 0.6 is 0 Å². The second kappa shape index (κ2) is 7.09. The van der Waals surface area contributed by atoms with Gasteiger partial charge in [0.15, 0.2) is 0 Å². The molecule has 10 nitrogen and oxygen atoms in total. The molecule has 10 heteroatoms. The van der Waals surface area contributed by atoms with Gasteiger partial charge >= 0.3 is 6.03 Å². The zero-order chi connectivity index (χ0) is 18.0. The number of aromatic nitrogens is 2. The van der Waals surface area contributed by atoms with E-state index in [1.54, 1.807) is 36.1 Å². The van der Waals surface area contributed by atoms with Crippen molar-refractivity contribution in [2.24, 2.45) is 10.1 Å². The molecule has 136 valence electrons. The first-order valence-corrected chi connectivity index (χ1v) is 8.26. The molecule has 1 fully saturated rings. The minimum absolute atomic E-state index is 0.396. The average molecular weight is 349 g/mol. The Morgan fingerprint density at radius 2 is 2.40 bits per heavy atom. The first-order valence-electron chi connectivity index (χ1n) is 8.26. The van der Waals surface area contributed by atoms with Gasteiger partial charge in [0.05, 0.1) is 31.2 Å². The number of likely N-dealkylation sites (N-methyl/N-ethyl adjacent to an activating group) is 1. The first-order chi connectivity index (χ1) is 12.1. The summed E-state index contributed by atoms with van der Waals surface area (Å²) in [5.74, 6) is 0.629. The number of hydroxylamine groups is 2. The number of rotatable bonds is 6. The van der Waals surface area contributed by atoms with Gasteiger partial charge in [0.25, 0.3) is 0 Å². The number of oxime groups is 1. The van der Waals surface area contributed by atoms with Crippen LogP contribution in [0.4, 0.5) is 4.79 Å². The van der Waals surface area contributed by atoms with Crippen molar-refractivity contribution < 1.29 is 14.8 Å². The van der Waals surface area contributed by atoms with Gasteiger partial charge in [-0.1, -0.05) is 12.1 Å². The van der Waals surface area contributed by atoms with Gasteiger partial charge in [-0.05, 0) is 6.42 Å². The second-order valence-corrected chi connectivity index (χ2v) is 5.85. The predicted molar refractivity (Wildman–Crippen MR) is 90.6 cm³/mol. The molecule has 2 bridgehead atoms. The molecule has 1 saturated heterocycles. The number of carbonyl (C=O) groups excluding carboxylic acids is 1. The van der Waals surface area contributed by atoms with Crippen LogP contribution in [0.1, 0.15) is 36.7 Å². The highest BCUT2D eigenvalue weighted by Crippen LogP contribution is 2.43. The zero-order valence-corrected chi connectivity index (χ0v) is 14.6. The zero-order valence-electron chi connectivity index (χ0n) is 14.6. The van der Waals surface area contributed by atoms with Crippen molar-refractivity contribution in [1.29, 1.82) is 0 Å². The molecule has 2 aliphatic heterocycles. The van der Waals surface area contributed by atoms with E-state index in [1.807, 2.05) is 6.92 Å². The van der Waals surface area contributed by atoms with Crippen LogP contribution in [-0.2, 0) is 11.4 Å². The molecule has 1 aromatic heterocycles. The minimum Gasteiger partial charge on any atom is -0.396 e. The van der Waals surface area contributed by atoms with Crippen molar-refractivity contribution in [2.45, 2.75) is 32.0 Å². The fourth-order valence-corrected chi connectivity index (χ4v) is 3.27. The fourth-order valence-electron chi connectivity index (χ4n) is 3.27. The number of hydrogen-bond donors (Lipinski definition) is 2. The molecule has 3 rings (SSSR count). The van der Waals surface area contributed by atoms with E-state index in [-0.39, 0.29) is 0 Å². The van der Waals surface area contributed by atoms with Gasteiger partial charge in [-0.25, -0.2) is 4.79 Å². The largest absolute Gasteiger partial charge is 0.396 e. The Labute approximate surface area is 145 Å². The quantitative estimate of drug-likeness (QED) is 0.259. The lowest BCUT2D eigenvalue weighted by atomic mass is 9.97. The Hall–Kier alpha value is -2.62. The summed E-state index contributed by atoms with van der Waals surface area (Å²) in [4.78, 5) is 23.3. The maximum Gasteiger partial charge on any atom is 0.345 e. The summed E-state index contributed by atoms with van der Waals surface area (Å²) in [6, 6.07) is -1.29. The highest BCUT2D eigenvalue weighted by atomic mass is 16.6. The number of amidine groups is 1. The van der Waals surface area contributed by atoms with E-state index in [4.69, 9.17) is 4.84 Å². The van der Waals surface area contributed by atoms with Gasteiger partial charge < -0.3 is 15.1 Å². The number of aliphatic imine (C=N–C) groups is 1. The summed E-state index contributed by atoms with van der Waals surface area (Å²) in [7, 11) is 3.42. The van der Waals surface area contributed by atoms with Crippen molar-refractivity contribution in [2.75, 3.05) is 27.2 Å². The van der Waals surface area contributed by atoms with Crippen LogP contribution in [0.5, 0.6) is 0 Å². The van der Waals surface area contributed by atoms with E-state index in [2.05, 4.69) is 20.6 Å². The Kier molecular flexibility index (Phi) is 4.88. The molecule has 3 heterocycles. The molecule has 2 N–H and O–H groups in total. The Morgan fingerprint density at radius 3 is 3.08 bits per heavy atom. The molecule has 2 amide bonds. The molecule has 0 spiro atoms. The van der Waals surface area contributed by atoms with Crippen LogP contribution in [0.25, 0.3) is 0 Å². The van der Waals surface area contributed by atoms with Crippen molar-refractivity contribution in [1.82, 2.24) is 25.1 Å². The van der Waals surface area contributed by atoms with Gasteiger partial charge in [0.1, 0.15) is 24.5 Å². The van der Waals surface area contributed by atoms with Gasteiger partial charge in [-0.15, -0.1) is 0 Å². The molecule has 0 aromatic carbocycles. The van der Waals surface area contributed by atoms with Crippen LogP contribution in [-0.4, -0.2) is 70.3 Å². The smallest absolute Gasteiger partial charge is 0.345 e. The van der Waals surface area contributed by atoms with Crippen molar-refractivity contribution in [3.8, 4) is 0 Å². The average Bonchev–Trinajstić information content (AvgIpc) is 3.14. The first kappa shape index (κ1) is 17.2. The van der Waals surface area contributed by atoms with Crippen molar-refractivity contribution in [3.05, 3.63) is 17.5 Å². The van der Waals surface area contributed by atoms with Gasteiger partial charge in [0, 0.05) is 19.7 Å². The number of carbonyl (C=O) groups is 1. The number of nitrogens with zero attached hydrogens (tertiary/aromatic N) is 6. The van der Waals surface area contributed by atoms with E-state index >= 15 is 0 Å². The fraction of sp³-hybridized carbons (Fsp3) is 0.600. The summed E-state index contributed by atoms with van der Waals surface area (Å²) in [5, 5.41) is 22.3. The highest BCUT2D eigenvalue weighted by molar-refractivity contribution is 5.93. The van der Waals surface area contributed by atoms with Gasteiger partial charge in [-0.3, -0.25) is 14.9 Å². The maximum atomic E-state index is 12.4. The van der Waals surface area contributed by atoms with Crippen molar-refractivity contribution in [3.63, 3.8) is 0 Å². The SMILES string of the molecule is CCCO/N=C/Cn1ncc2c1[C@@H](C(=NC)NC)N1C[C@@H]2N(O)C1=O. The Morgan fingerprint density at radius 1 is 1.60 bits per heavy atom. The maximum absolute atomic E-state index is 12.4. The topological polar surface area (TPSA) is 108 Å². The van der Waals surface area contributed by atoms with Gasteiger partial charge in [0.2, 0.25) is 0 Å². The summed E-state index contributed by atoms with van der Waals surface area (Å²) < 4.78 is 1.76. The monoisotopic (exact) mass is 349 g/mol. The van der Waals surface area contributed by atoms with E-state index in [0.29, 0.717) is 25.5 Å². The second-order valence-electron chi connectivity index (χ2n) is 5.85. The normalized spacial score (nSPS) is 22.7. The van der Waals surface area contributed by atoms with E-state index in [0.717, 1.165) is 22.7 Å². The highest BCUT2D eigenvalue weighted by Gasteiger charge is 2.50. The molecule has 1 aromatic rings. The number of amides is 2. The molecule has 2 aliphatic rings. The third-order valence-electron chi connectivity index (χ3n) is 4.40. The van der Waals surface area contributed by atoms with Crippen LogP contribution < -0.4 is 5.32 Å². The number of hydrogen-bond acceptors (Lipinski definition) is 6. The molecular weight excluding hydrogens is 326 g/mol. The molecule has 0 saturated carbocycles. The number of nitrogens with one attached hydrogen (secondary N) is 1. The summed E-state index contributed by atoms with van der Waals surface area (Å²) in [6.07, 6.45) is 4.21. The van der Waals surface area contributed by atoms with Crippen LogP contribution in [0, 0.1) is 0 Å². The Bertz CT molecular complexity index is 699. The van der Waals surface area contributed by atoms with Gasteiger partial charge in [-0.2, -0.15) is 10.2 Å². The van der Waals surface area contributed by atoms with Crippen LogP contribution in [0.2, 0.25) is 0 Å². The van der Waals surface area contributed by atoms with Crippen LogP contribution in [0.15, 0.2) is 16.3 Å².